The molecule has 3 nitrogen and oxygen atoms in total. The Morgan fingerprint density at radius 2 is 2.31 bits per heavy atom. The molecule has 1 heterocycles. The van der Waals surface area contributed by atoms with Crippen LogP contribution < -0.4 is 5.32 Å². The topological polar surface area (TPSA) is 45.1 Å². The van der Waals surface area contributed by atoms with Gasteiger partial charge in [0, 0.05) is 6.20 Å². The van der Waals surface area contributed by atoms with Crippen molar-refractivity contribution in [1.82, 2.24) is 4.98 Å². The summed E-state index contributed by atoms with van der Waals surface area (Å²) in [5.41, 5.74) is 0. The molecule has 1 aromatic heterocycles. The molecule has 0 amide bonds. The summed E-state index contributed by atoms with van der Waals surface area (Å²) in [5.74, 6) is 0.771. The Kier molecular flexibility index (Phi) is 2.38. The second-order valence-electron chi connectivity index (χ2n) is 3.26. The number of rotatable bonds is 2. The molecule has 1 aromatic rings. The Labute approximate surface area is 81.8 Å². The molecule has 4 heteroatoms. The Morgan fingerprint density at radius 3 is 2.77 bits per heavy atom. The zero-order chi connectivity index (χ0) is 9.26. The number of nitrogens with zero attached hydrogens (tertiary/aromatic N) is 1. The normalized spacial score (nSPS) is 26.6. The summed E-state index contributed by atoms with van der Waals surface area (Å²) in [6.07, 6.45) is 3.25. The molecule has 70 valence electrons. The van der Waals surface area contributed by atoms with Crippen molar-refractivity contribution in [2.75, 3.05) is 5.32 Å². The van der Waals surface area contributed by atoms with Crippen molar-refractivity contribution in [2.24, 2.45) is 0 Å². The van der Waals surface area contributed by atoms with Crippen LogP contribution in [0, 0.1) is 0 Å². The van der Waals surface area contributed by atoms with E-state index in [4.69, 9.17) is 11.6 Å². The average molecular weight is 199 g/mol. The third-order valence-corrected chi connectivity index (χ3v) is 2.52. The Morgan fingerprint density at radius 1 is 1.46 bits per heavy atom. The average Bonchev–Trinajstić information content (AvgIpc) is 2.15. The summed E-state index contributed by atoms with van der Waals surface area (Å²) in [6, 6.07) is 3.75. The van der Waals surface area contributed by atoms with Gasteiger partial charge >= 0.3 is 0 Å². The van der Waals surface area contributed by atoms with Crippen LogP contribution in [0.4, 0.5) is 5.82 Å². The van der Waals surface area contributed by atoms with Gasteiger partial charge in [-0.25, -0.2) is 4.98 Å². The number of hydrogen-bond acceptors (Lipinski definition) is 3. The zero-order valence-corrected chi connectivity index (χ0v) is 7.83. The molecule has 2 rings (SSSR count). The van der Waals surface area contributed by atoms with Gasteiger partial charge in [-0.2, -0.15) is 0 Å². The quantitative estimate of drug-likeness (QED) is 0.760. The molecule has 2 atom stereocenters. The maximum absolute atomic E-state index is 9.31. The fourth-order valence-electron chi connectivity index (χ4n) is 1.30. The summed E-state index contributed by atoms with van der Waals surface area (Å²) in [5, 5.41) is 13.1. The predicted octanol–water partition coefficient (Wildman–Crippen LogP) is 1.67. The number of hydrogen-bond donors (Lipinski definition) is 2. The third-order valence-electron chi connectivity index (χ3n) is 2.30. The molecular weight excluding hydrogens is 188 g/mol. The van der Waals surface area contributed by atoms with Crippen molar-refractivity contribution in [2.45, 2.75) is 25.0 Å². The summed E-state index contributed by atoms with van der Waals surface area (Å²) in [4.78, 5) is 4.08. The van der Waals surface area contributed by atoms with E-state index in [1.54, 1.807) is 12.3 Å². The molecule has 0 aliphatic heterocycles. The first kappa shape index (κ1) is 8.78. The van der Waals surface area contributed by atoms with Crippen LogP contribution in [0.3, 0.4) is 0 Å². The molecule has 0 spiro atoms. The standard InChI is InChI=1S/C9H11ClN2O/c10-6-1-4-9(11-5-6)12-7-2-3-8(7)13/h1,4-5,7-8,13H,2-3H2,(H,11,12)/t7-,8-/m1/s1. The first-order valence-corrected chi connectivity index (χ1v) is 4.69. The summed E-state index contributed by atoms with van der Waals surface area (Å²) in [7, 11) is 0. The highest BCUT2D eigenvalue weighted by Crippen LogP contribution is 2.23. The predicted molar refractivity (Wildman–Crippen MR) is 51.9 cm³/mol. The number of pyridine rings is 1. The van der Waals surface area contributed by atoms with E-state index in [0.29, 0.717) is 5.02 Å². The number of halogens is 1. The van der Waals surface area contributed by atoms with Gasteiger partial charge in [-0.15, -0.1) is 0 Å². The van der Waals surface area contributed by atoms with E-state index < -0.39 is 0 Å². The minimum Gasteiger partial charge on any atom is -0.391 e. The number of aromatic nitrogens is 1. The number of anilines is 1. The molecule has 0 aromatic carbocycles. The van der Waals surface area contributed by atoms with E-state index in [0.717, 1.165) is 18.7 Å². The number of aliphatic hydroxyl groups excluding tert-OH is 1. The van der Waals surface area contributed by atoms with Crippen molar-refractivity contribution < 1.29 is 5.11 Å². The smallest absolute Gasteiger partial charge is 0.126 e. The molecule has 0 saturated heterocycles. The largest absolute Gasteiger partial charge is 0.391 e. The first-order valence-electron chi connectivity index (χ1n) is 4.32. The van der Waals surface area contributed by atoms with E-state index in [2.05, 4.69) is 10.3 Å². The lowest BCUT2D eigenvalue weighted by atomic mass is 9.89. The van der Waals surface area contributed by atoms with Crippen LogP contribution in [0.2, 0.25) is 5.02 Å². The molecule has 1 aliphatic carbocycles. The maximum atomic E-state index is 9.31. The van der Waals surface area contributed by atoms with E-state index in [1.807, 2.05) is 6.07 Å². The van der Waals surface area contributed by atoms with Crippen molar-refractivity contribution in [3.63, 3.8) is 0 Å². The SMILES string of the molecule is O[C@@H]1CC[C@H]1Nc1ccc(Cl)cn1. The Bertz CT molecular complexity index is 288. The van der Waals surface area contributed by atoms with Gasteiger partial charge in [0.25, 0.3) is 0 Å². The van der Waals surface area contributed by atoms with Crippen LogP contribution in [-0.4, -0.2) is 22.2 Å². The molecule has 13 heavy (non-hydrogen) atoms. The fraction of sp³-hybridized carbons (Fsp3) is 0.444. The summed E-state index contributed by atoms with van der Waals surface area (Å²) >= 11 is 5.69. The number of aliphatic hydroxyl groups is 1. The van der Waals surface area contributed by atoms with Gasteiger partial charge in [0.2, 0.25) is 0 Å². The highest BCUT2D eigenvalue weighted by atomic mass is 35.5. The van der Waals surface area contributed by atoms with Crippen molar-refractivity contribution in [3.05, 3.63) is 23.4 Å². The zero-order valence-electron chi connectivity index (χ0n) is 7.07. The van der Waals surface area contributed by atoms with Gasteiger partial charge in [-0.05, 0) is 25.0 Å². The van der Waals surface area contributed by atoms with E-state index in [-0.39, 0.29) is 12.1 Å². The van der Waals surface area contributed by atoms with Crippen LogP contribution in [0.25, 0.3) is 0 Å². The number of nitrogens with one attached hydrogen (secondary N) is 1. The molecule has 0 radical (unpaired) electrons. The molecule has 0 bridgehead atoms. The molecule has 1 aliphatic rings. The highest BCUT2D eigenvalue weighted by molar-refractivity contribution is 6.30. The van der Waals surface area contributed by atoms with Gasteiger partial charge in [0.15, 0.2) is 0 Å². The molecule has 1 saturated carbocycles. The first-order chi connectivity index (χ1) is 6.25. The second-order valence-corrected chi connectivity index (χ2v) is 3.69. The Hall–Kier alpha value is -0.800. The minimum absolute atomic E-state index is 0.161. The van der Waals surface area contributed by atoms with Crippen LogP contribution in [0.5, 0.6) is 0 Å². The van der Waals surface area contributed by atoms with Gasteiger partial charge in [0.1, 0.15) is 5.82 Å². The van der Waals surface area contributed by atoms with Gasteiger partial charge in [0.05, 0.1) is 17.2 Å². The van der Waals surface area contributed by atoms with Crippen molar-refractivity contribution >= 4 is 17.4 Å². The van der Waals surface area contributed by atoms with Crippen LogP contribution in [0.15, 0.2) is 18.3 Å². The monoisotopic (exact) mass is 198 g/mol. The lowest BCUT2D eigenvalue weighted by Gasteiger charge is -2.33. The van der Waals surface area contributed by atoms with Crippen LogP contribution in [0.1, 0.15) is 12.8 Å². The lowest BCUT2D eigenvalue weighted by molar-refractivity contribution is 0.0784. The molecular formula is C9H11ClN2O. The minimum atomic E-state index is -0.225. The van der Waals surface area contributed by atoms with Gasteiger partial charge < -0.3 is 10.4 Å². The van der Waals surface area contributed by atoms with Crippen LogP contribution in [-0.2, 0) is 0 Å². The van der Waals surface area contributed by atoms with Gasteiger partial charge in [-0.3, -0.25) is 0 Å². The highest BCUT2D eigenvalue weighted by Gasteiger charge is 2.28. The van der Waals surface area contributed by atoms with E-state index >= 15 is 0 Å². The van der Waals surface area contributed by atoms with Gasteiger partial charge in [-0.1, -0.05) is 11.6 Å². The second kappa shape index (κ2) is 3.52. The molecule has 2 N–H and O–H groups in total. The van der Waals surface area contributed by atoms with Crippen molar-refractivity contribution in [3.8, 4) is 0 Å². The molecule has 1 fully saturated rings. The summed E-state index contributed by atoms with van der Waals surface area (Å²) < 4.78 is 0. The maximum Gasteiger partial charge on any atom is 0.126 e. The lowest BCUT2D eigenvalue weighted by Crippen LogP contribution is -2.42. The third kappa shape index (κ3) is 1.92. The fourth-order valence-corrected chi connectivity index (χ4v) is 1.41. The van der Waals surface area contributed by atoms with Crippen molar-refractivity contribution in [1.29, 1.82) is 0 Å². The van der Waals surface area contributed by atoms with E-state index in [1.165, 1.54) is 0 Å². The molecule has 0 unspecified atom stereocenters. The van der Waals surface area contributed by atoms with E-state index in [9.17, 15) is 5.11 Å². The Balaban J connectivity index is 1.98. The summed E-state index contributed by atoms with van der Waals surface area (Å²) in [6.45, 7) is 0. The van der Waals surface area contributed by atoms with Crippen LogP contribution >= 0.6 is 11.6 Å².